The van der Waals surface area contributed by atoms with Crippen molar-refractivity contribution in [3.63, 3.8) is 0 Å². The number of rotatable bonds is 8. The van der Waals surface area contributed by atoms with Gasteiger partial charge >= 0.3 is 0 Å². The molecular formula is C29H27FN4O2S. The predicted octanol–water partition coefficient (Wildman–Crippen LogP) is 6.04. The maximum atomic E-state index is 13.4. The number of nitrogens with one attached hydrogen (secondary N) is 2. The molecule has 6 nitrogen and oxygen atoms in total. The first-order chi connectivity index (χ1) is 18.0. The van der Waals surface area contributed by atoms with Crippen molar-refractivity contribution >= 4 is 28.9 Å². The Bertz CT molecular complexity index is 1390. The maximum Gasteiger partial charge on any atom is 0.226 e. The van der Waals surface area contributed by atoms with E-state index in [1.165, 1.54) is 12.1 Å². The number of benzene rings is 2. The van der Waals surface area contributed by atoms with E-state index in [0.717, 1.165) is 28.9 Å². The highest BCUT2D eigenvalue weighted by Crippen LogP contribution is 2.40. The van der Waals surface area contributed by atoms with Gasteiger partial charge in [-0.05, 0) is 78.8 Å². The van der Waals surface area contributed by atoms with Gasteiger partial charge in [-0.2, -0.15) is 0 Å². The van der Waals surface area contributed by atoms with Crippen LogP contribution in [-0.2, 0) is 11.2 Å². The number of pyridine rings is 1. The van der Waals surface area contributed by atoms with Gasteiger partial charge in [0, 0.05) is 30.4 Å². The molecule has 1 aliphatic rings. The number of aryl methyl sites for hydroxylation is 1. The summed E-state index contributed by atoms with van der Waals surface area (Å²) in [6.07, 6.45) is 2.82. The van der Waals surface area contributed by atoms with Crippen LogP contribution in [0.1, 0.15) is 42.4 Å². The van der Waals surface area contributed by atoms with E-state index in [9.17, 15) is 9.18 Å². The molecule has 0 bridgehead atoms. The Hall–Kier alpha value is -4.04. The van der Waals surface area contributed by atoms with E-state index < -0.39 is 0 Å². The van der Waals surface area contributed by atoms with Gasteiger partial charge in [0.15, 0.2) is 5.11 Å². The van der Waals surface area contributed by atoms with Crippen molar-refractivity contribution in [1.82, 2.24) is 15.2 Å². The zero-order chi connectivity index (χ0) is 25.8. The van der Waals surface area contributed by atoms with E-state index in [2.05, 4.69) is 22.5 Å². The van der Waals surface area contributed by atoms with Crippen molar-refractivity contribution in [2.24, 2.45) is 0 Å². The Balaban J connectivity index is 1.39. The lowest BCUT2D eigenvalue weighted by Gasteiger charge is -2.26. The zero-order valence-corrected chi connectivity index (χ0v) is 21.2. The standard InChI is InChI=1S/C29H27FN4O2S/c1-2-19-7-3-4-8-22(19)32-26(35)16-18-34-28(27(33-29(34)37)23-9-5-6-17-31-23)25-15-14-24(36-25)20-10-12-21(30)13-11-20/h3-15,17,27-28H,2,16,18H2,1H3,(H,32,35)(H,33,37)/t27-,28+/m0/s1. The molecule has 8 heteroatoms. The minimum absolute atomic E-state index is 0.0878. The van der Waals surface area contributed by atoms with Crippen LogP contribution in [0, 0.1) is 5.82 Å². The second-order valence-corrected chi connectivity index (χ2v) is 9.22. The number of hydrogen-bond donors (Lipinski definition) is 2. The molecule has 0 saturated carbocycles. The predicted molar refractivity (Wildman–Crippen MR) is 145 cm³/mol. The molecule has 188 valence electrons. The van der Waals surface area contributed by atoms with E-state index in [1.54, 1.807) is 18.3 Å². The van der Waals surface area contributed by atoms with E-state index in [4.69, 9.17) is 16.6 Å². The quantitative estimate of drug-likeness (QED) is 0.279. The first kappa shape index (κ1) is 24.6. The average molecular weight is 515 g/mol. The number of nitrogens with zero attached hydrogens (tertiary/aromatic N) is 2. The summed E-state index contributed by atoms with van der Waals surface area (Å²) in [5.41, 5.74) is 3.51. The van der Waals surface area contributed by atoms with Crippen LogP contribution in [-0.4, -0.2) is 27.4 Å². The molecule has 1 saturated heterocycles. The number of carbonyl (C=O) groups is 1. The highest BCUT2D eigenvalue weighted by Gasteiger charge is 2.41. The molecular weight excluding hydrogens is 487 g/mol. The van der Waals surface area contributed by atoms with E-state index in [0.29, 0.717) is 23.2 Å². The second-order valence-electron chi connectivity index (χ2n) is 8.84. The number of anilines is 1. The van der Waals surface area contributed by atoms with Gasteiger partial charge in [0.2, 0.25) is 5.91 Å². The third kappa shape index (κ3) is 5.39. The third-order valence-corrected chi connectivity index (χ3v) is 6.85. The molecule has 2 atom stereocenters. The molecule has 2 N–H and O–H groups in total. The summed E-state index contributed by atoms with van der Waals surface area (Å²) < 4.78 is 19.7. The number of thiocarbonyl (C=S) groups is 1. The van der Waals surface area contributed by atoms with Gasteiger partial charge in [-0.15, -0.1) is 0 Å². The molecule has 0 radical (unpaired) electrons. The summed E-state index contributed by atoms with van der Waals surface area (Å²) in [7, 11) is 0. The van der Waals surface area contributed by atoms with Crippen LogP contribution in [0.4, 0.5) is 10.1 Å². The second kappa shape index (κ2) is 10.9. The lowest BCUT2D eigenvalue weighted by atomic mass is 10.0. The number of para-hydroxylation sites is 1. The van der Waals surface area contributed by atoms with Gasteiger partial charge < -0.3 is 20.0 Å². The first-order valence-electron chi connectivity index (χ1n) is 12.2. The van der Waals surface area contributed by atoms with Crippen molar-refractivity contribution in [2.45, 2.75) is 31.8 Å². The van der Waals surface area contributed by atoms with Crippen LogP contribution in [0.15, 0.2) is 89.5 Å². The largest absolute Gasteiger partial charge is 0.459 e. The van der Waals surface area contributed by atoms with Crippen LogP contribution >= 0.6 is 12.2 Å². The van der Waals surface area contributed by atoms with Crippen molar-refractivity contribution in [1.29, 1.82) is 0 Å². The van der Waals surface area contributed by atoms with Gasteiger partial charge in [-0.1, -0.05) is 31.2 Å². The Morgan fingerprint density at radius 1 is 1.08 bits per heavy atom. The smallest absolute Gasteiger partial charge is 0.226 e. The van der Waals surface area contributed by atoms with Crippen LogP contribution in [0.3, 0.4) is 0 Å². The fourth-order valence-corrected chi connectivity index (χ4v) is 4.95. The third-order valence-electron chi connectivity index (χ3n) is 6.50. The van der Waals surface area contributed by atoms with Crippen molar-refractivity contribution < 1.29 is 13.6 Å². The summed E-state index contributed by atoms with van der Waals surface area (Å²) in [5, 5.41) is 6.93. The van der Waals surface area contributed by atoms with Gasteiger partial charge in [-0.3, -0.25) is 9.78 Å². The zero-order valence-electron chi connectivity index (χ0n) is 20.4. The number of amides is 1. The highest BCUT2D eigenvalue weighted by atomic mass is 32.1. The van der Waals surface area contributed by atoms with Crippen molar-refractivity contribution in [2.75, 3.05) is 11.9 Å². The average Bonchev–Trinajstić information content (AvgIpc) is 3.53. The highest BCUT2D eigenvalue weighted by molar-refractivity contribution is 7.80. The molecule has 0 aliphatic carbocycles. The van der Waals surface area contributed by atoms with Crippen LogP contribution < -0.4 is 10.6 Å². The Kier molecular flexibility index (Phi) is 7.28. The lowest BCUT2D eigenvalue weighted by Crippen LogP contribution is -2.32. The number of carbonyl (C=O) groups excluding carboxylic acids is 1. The molecule has 1 amide bonds. The summed E-state index contributed by atoms with van der Waals surface area (Å²) in [6.45, 7) is 2.46. The molecule has 4 aromatic rings. The van der Waals surface area contributed by atoms with Crippen molar-refractivity contribution in [3.8, 4) is 11.3 Å². The number of aromatic nitrogens is 1. The lowest BCUT2D eigenvalue weighted by molar-refractivity contribution is -0.116. The normalized spacial score (nSPS) is 17.0. The fourth-order valence-electron chi connectivity index (χ4n) is 4.62. The Morgan fingerprint density at radius 3 is 2.62 bits per heavy atom. The number of hydrogen-bond acceptors (Lipinski definition) is 4. The van der Waals surface area contributed by atoms with E-state index in [-0.39, 0.29) is 30.2 Å². The SMILES string of the molecule is CCc1ccccc1NC(=O)CCN1C(=S)N[C@@H](c2ccccn2)[C@H]1c1ccc(-c2ccc(F)cc2)o1. The summed E-state index contributed by atoms with van der Waals surface area (Å²) in [6, 6.07) is 22.9. The van der Waals surface area contributed by atoms with Crippen molar-refractivity contribution in [3.05, 3.63) is 108 Å². The molecule has 1 aliphatic heterocycles. The molecule has 37 heavy (non-hydrogen) atoms. The topological polar surface area (TPSA) is 70.4 Å². The van der Waals surface area contributed by atoms with Gasteiger partial charge in [-0.25, -0.2) is 4.39 Å². The molecule has 1 fully saturated rings. The van der Waals surface area contributed by atoms with Crippen LogP contribution in [0.5, 0.6) is 0 Å². The van der Waals surface area contributed by atoms with Gasteiger partial charge in [0.25, 0.3) is 0 Å². The number of furan rings is 1. The monoisotopic (exact) mass is 514 g/mol. The van der Waals surface area contributed by atoms with E-state index in [1.807, 2.05) is 59.5 Å². The summed E-state index contributed by atoms with van der Waals surface area (Å²) in [4.78, 5) is 19.4. The van der Waals surface area contributed by atoms with Gasteiger partial charge in [0.05, 0.1) is 11.7 Å². The molecule has 0 spiro atoms. The summed E-state index contributed by atoms with van der Waals surface area (Å²) >= 11 is 5.70. The van der Waals surface area contributed by atoms with Crippen LogP contribution in [0.25, 0.3) is 11.3 Å². The molecule has 0 unspecified atom stereocenters. The molecule has 2 aromatic heterocycles. The summed E-state index contributed by atoms with van der Waals surface area (Å²) in [5.74, 6) is 0.915. The van der Waals surface area contributed by atoms with Gasteiger partial charge in [0.1, 0.15) is 23.4 Å². The Labute approximate surface area is 220 Å². The number of halogens is 1. The molecule has 5 rings (SSSR count). The fraction of sp³-hybridized carbons (Fsp3) is 0.207. The van der Waals surface area contributed by atoms with Crippen LogP contribution in [0.2, 0.25) is 0 Å². The molecule has 2 aromatic carbocycles. The minimum Gasteiger partial charge on any atom is -0.459 e. The minimum atomic E-state index is -0.313. The Morgan fingerprint density at radius 2 is 1.86 bits per heavy atom. The first-order valence-corrected chi connectivity index (χ1v) is 12.7. The molecule has 3 heterocycles. The van der Waals surface area contributed by atoms with E-state index >= 15 is 0 Å². The maximum absolute atomic E-state index is 13.4.